The second-order valence-corrected chi connectivity index (χ2v) is 5.56. The molecule has 0 N–H and O–H groups in total. The van der Waals surface area contributed by atoms with E-state index in [4.69, 9.17) is 4.74 Å². The average molecular weight is 360 g/mol. The molecule has 3 rings (SSSR count). The second-order valence-electron chi connectivity index (χ2n) is 5.56. The summed E-state index contributed by atoms with van der Waals surface area (Å²) in [5.74, 6) is 0.441. The van der Waals surface area contributed by atoms with E-state index in [1.165, 1.54) is 6.21 Å². The first-order chi connectivity index (χ1) is 11.6. The minimum absolute atomic E-state index is 0.413. The maximum atomic E-state index is 13.3. The van der Waals surface area contributed by atoms with Crippen molar-refractivity contribution in [3.8, 4) is 5.75 Å². The summed E-state index contributed by atoms with van der Waals surface area (Å²) in [7, 11) is 0. The molecule has 25 heavy (non-hydrogen) atoms. The molecule has 1 heterocycles. The first-order valence-corrected chi connectivity index (χ1v) is 7.20. The summed E-state index contributed by atoms with van der Waals surface area (Å²) in [5.41, 5.74) is -2.53. The van der Waals surface area contributed by atoms with Crippen molar-refractivity contribution in [2.24, 2.45) is 0 Å². The lowest BCUT2D eigenvalue weighted by Gasteiger charge is -2.20. The van der Waals surface area contributed by atoms with Crippen molar-refractivity contribution < 1.29 is 35.7 Å². The van der Waals surface area contributed by atoms with Gasteiger partial charge in [0.15, 0.2) is 6.21 Å². The van der Waals surface area contributed by atoms with Gasteiger partial charge >= 0.3 is 12.4 Å². The molecule has 1 aliphatic rings. The van der Waals surface area contributed by atoms with E-state index in [1.54, 1.807) is 25.1 Å². The molecule has 2 nitrogen and oxygen atoms in total. The van der Waals surface area contributed by atoms with E-state index in [2.05, 4.69) is 0 Å². The van der Waals surface area contributed by atoms with E-state index < -0.39 is 35.9 Å². The normalized spacial score (nSPS) is 14.6. The SMILES string of the molecule is Cc1cccc2c1OC[N+](c1c(C(F)(F)F)cccc1C(F)(F)F)=C2. The Labute approximate surface area is 139 Å². The Morgan fingerprint density at radius 2 is 1.44 bits per heavy atom. The molecular weight excluding hydrogens is 348 g/mol. The zero-order valence-corrected chi connectivity index (χ0v) is 12.9. The van der Waals surface area contributed by atoms with Crippen LogP contribution in [0.25, 0.3) is 0 Å². The maximum Gasteiger partial charge on any atom is 0.422 e. The molecule has 0 atom stereocenters. The van der Waals surface area contributed by atoms with Gasteiger partial charge in [0.05, 0.1) is 5.56 Å². The number of fused-ring (bicyclic) bond motifs is 1. The van der Waals surface area contributed by atoms with E-state index in [0.29, 0.717) is 23.4 Å². The summed E-state index contributed by atoms with van der Waals surface area (Å²) in [6, 6.07) is 6.97. The van der Waals surface area contributed by atoms with Crippen LogP contribution >= 0.6 is 0 Å². The van der Waals surface area contributed by atoms with E-state index in [0.717, 1.165) is 16.2 Å². The summed E-state index contributed by atoms with van der Waals surface area (Å²) in [5, 5.41) is 0. The van der Waals surface area contributed by atoms with E-state index in [1.807, 2.05) is 0 Å². The number of rotatable bonds is 1. The third kappa shape index (κ3) is 3.20. The molecule has 0 aromatic heterocycles. The number of benzene rings is 2. The van der Waals surface area contributed by atoms with Crippen LogP contribution in [0.15, 0.2) is 36.4 Å². The lowest BCUT2D eigenvalue weighted by atomic mass is 10.0. The molecule has 1 aliphatic heterocycles. The zero-order chi connectivity index (χ0) is 18.4. The zero-order valence-electron chi connectivity index (χ0n) is 12.9. The highest BCUT2D eigenvalue weighted by atomic mass is 19.4. The predicted molar refractivity (Wildman–Crippen MR) is 78.2 cm³/mol. The summed E-state index contributed by atoms with van der Waals surface area (Å²) in [6.45, 7) is 1.29. The fourth-order valence-corrected chi connectivity index (χ4v) is 2.75. The molecule has 8 heteroatoms. The van der Waals surface area contributed by atoms with Crippen molar-refractivity contribution in [3.05, 3.63) is 58.7 Å². The molecule has 0 amide bonds. The number of ether oxygens (including phenoxy) is 1. The van der Waals surface area contributed by atoms with Crippen LogP contribution in [0.1, 0.15) is 22.3 Å². The summed E-state index contributed by atoms with van der Waals surface area (Å²) in [4.78, 5) is 0. The molecule has 0 spiro atoms. The molecule has 0 saturated carbocycles. The van der Waals surface area contributed by atoms with Gasteiger partial charge in [-0.25, -0.2) is 0 Å². The first-order valence-electron chi connectivity index (χ1n) is 7.20. The molecule has 2 aromatic rings. The van der Waals surface area contributed by atoms with E-state index >= 15 is 0 Å². The van der Waals surface area contributed by atoms with Gasteiger partial charge in [-0.3, -0.25) is 0 Å². The van der Waals surface area contributed by atoms with Crippen LogP contribution in [-0.2, 0) is 12.4 Å². The van der Waals surface area contributed by atoms with Crippen LogP contribution < -0.4 is 4.74 Å². The van der Waals surface area contributed by atoms with Gasteiger partial charge in [0.2, 0.25) is 5.69 Å². The van der Waals surface area contributed by atoms with Crippen LogP contribution in [0, 0.1) is 6.92 Å². The van der Waals surface area contributed by atoms with E-state index in [-0.39, 0.29) is 0 Å². The quantitative estimate of drug-likeness (QED) is 0.506. The summed E-state index contributed by atoms with van der Waals surface area (Å²) >= 11 is 0. The number of hydrogen-bond donors (Lipinski definition) is 0. The van der Waals surface area contributed by atoms with Gasteiger partial charge in [0.25, 0.3) is 6.73 Å². The lowest BCUT2D eigenvalue weighted by Crippen LogP contribution is -2.26. The van der Waals surface area contributed by atoms with E-state index in [9.17, 15) is 26.3 Å². The summed E-state index contributed by atoms with van der Waals surface area (Å²) < 4.78 is 86.0. The van der Waals surface area contributed by atoms with Crippen molar-refractivity contribution in [1.82, 2.24) is 0 Å². The van der Waals surface area contributed by atoms with Crippen molar-refractivity contribution in [1.29, 1.82) is 0 Å². The molecule has 0 saturated heterocycles. The highest BCUT2D eigenvalue weighted by Crippen LogP contribution is 2.44. The minimum Gasteiger partial charge on any atom is -0.435 e. The third-order valence-corrected chi connectivity index (χ3v) is 3.82. The van der Waals surface area contributed by atoms with Gasteiger partial charge in [0.1, 0.15) is 16.9 Å². The monoisotopic (exact) mass is 360 g/mol. The Hall–Kier alpha value is -2.51. The highest BCUT2D eigenvalue weighted by Gasteiger charge is 2.46. The Bertz CT molecular complexity index is 819. The Kier molecular flexibility index (Phi) is 4.01. The van der Waals surface area contributed by atoms with Crippen LogP contribution in [-0.4, -0.2) is 17.5 Å². The molecule has 132 valence electrons. The van der Waals surface area contributed by atoms with Crippen LogP contribution in [0.2, 0.25) is 0 Å². The van der Waals surface area contributed by atoms with Crippen LogP contribution in [0.4, 0.5) is 32.0 Å². The Morgan fingerprint density at radius 1 is 0.880 bits per heavy atom. The predicted octanol–water partition coefficient (Wildman–Crippen LogP) is 5.15. The molecule has 0 aliphatic carbocycles. The number of nitrogens with zero attached hydrogens (tertiary/aromatic N) is 1. The lowest BCUT2D eigenvalue weighted by molar-refractivity contribution is -0.479. The molecule has 2 aromatic carbocycles. The molecule has 0 unspecified atom stereocenters. The van der Waals surface area contributed by atoms with Crippen molar-refractivity contribution >= 4 is 11.9 Å². The van der Waals surface area contributed by atoms with Crippen molar-refractivity contribution in [2.45, 2.75) is 19.3 Å². The smallest absolute Gasteiger partial charge is 0.422 e. The van der Waals surface area contributed by atoms with Gasteiger partial charge in [0, 0.05) is 0 Å². The van der Waals surface area contributed by atoms with Crippen molar-refractivity contribution in [2.75, 3.05) is 6.73 Å². The van der Waals surface area contributed by atoms with Crippen molar-refractivity contribution in [3.63, 3.8) is 0 Å². The van der Waals surface area contributed by atoms with Crippen LogP contribution in [0.3, 0.4) is 0 Å². The first kappa shape index (κ1) is 17.3. The van der Waals surface area contributed by atoms with Crippen LogP contribution in [0.5, 0.6) is 5.75 Å². The van der Waals surface area contributed by atoms with Gasteiger partial charge < -0.3 is 4.74 Å². The summed E-state index contributed by atoms with van der Waals surface area (Å²) in [6.07, 6.45) is -8.62. The highest BCUT2D eigenvalue weighted by molar-refractivity contribution is 5.82. The number of alkyl halides is 6. The number of para-hydroxylation sites is 2. The fraction of sp³-hybridized carbons (Fsp3) is 0.235. The van der Waals surface area contributed by atoms with Gasteiger partial charge in [-0.15, -0.1) is 0 Å². The van der Waals surface area contributed by atoms with Gasteiger partial charge in [-0.2, -0.15) is 30.9 Å². The van der Waals surface area contributed by atoms with Gasteiger partial charge in [-0.05, 0) is 30.7 Å². The third-order valence-electron chi connectivity index (χ3n) is 3.82. The topological polar surface area (TPSA) is 12.2 Å². The minimum atomic E-state index is -4.93. The Balaban J connectivity index is 2.26. The number of hydrogen-bond acceptors (Lipinski definition) is 1. The molecule has 0 radical (unpaired) electrons. The number of halogens is 6. The fourth-order valence-electron chi connectivity index (χ4n) is 2.75. The average Bonchev–Trinajstić information content (AvgIpc) is 2.52. The maximum absolute atomic E-state index is 13.3. The Morgan fingerprint density at radius 3 is 2.00 bits per heavy atom. The number of aryl methyl sites for hydroxylation is 1. The standard InChI is InChI=1S/C17H12F6NO/c1-10-4-2-5-11-8-24(9-25-15(10)11)14-12(16(18,19)20)6-3-7-13(14)17(21,22)23/h2-8H,9H2,1H3/q+1. The molecule has 0 fully saturated rings. The molecule has 0 bridgehead atoms. The molecular formula is C17H12F6NO+. The van der Waals surface area contributed by atoms with Gasteiger partial charge in [-0.1, -0.05) is 18.2 Å². The largest absolute Gasteiger partial charge is 0.435 e. The second kappa shape index (κ2) is 5.79.